The Bertz CT molecular complexity index is 818. The number of nitrogens with zero attached hydrogens (tertiary/aromatic N) is 1. The van der Waals surface area contributed by atoms with E-state index in [2.05, 4.69) is 17.0 Å². The van der Waals surface area contributed by atoms with Crippen LogP contribution in [-0.4, -0.2) is 35.5 Å². The lowest BCUT2D eigenvalue weighted by Gasteiger charge is -2.28. The van der Waals surface area contributed by atoms with Gasteiger partial charge in [-0.1, -0.05) is 41.9 Å². The van der Waals surface area contributed by atoms with Crippen LogP contribution >= 0.6 is 11.6 Å². The molecule has 2 aromatic rings. The number of piperidine rings is 1. The topological polar surface area (TPSA) is 49.8 Å². The smallest absolute Gasteiger partial charge is 0.176 e. The second-order valence-corrected chi connectivity index (χ2v) is 6.73. The summed E-state index contributed by atoms with van der Waals surface area (Å²) in [4.78, 5) is 14.6. The first-order valence-electron chi connectivity index (χ1n) is 8.72. The summed E-state index contributed by atoms with van der Waals surface area (Å²) in [5, 5.41) is 10.2. The molecule has 2 aromatic carbocycles. The van der Waals surface area contributed by atoms with Crippen LogP contribution in [0.25, 0.3) is 6.08 Å². The number of phenolic OH excluding ortho intramolecular Hbond substituents is 1. The van der Waals surface area contributed by atoms with E-state index < -0.39 is 0 Å². The van der Waals surface area contributed by atoms with E-state index >= 15 is 0 Å². The zero-order valence-electron chi connectivity index (χ0n) is 14.7. The van der Waals surface area contributed by atoms with E-state index in [1.165, 1.54) is 5.56 Å². The maximum atomic E-state index is 12.4. The molecule has 0 atom stereocenters. The normalized spacial score (nSPS) is 16.8. The first-order valence-corrected chi connectivity index (χ1v) is 9.10. The Morgan fingerprint density at radius 2 is 2.04 bits per heavy atom. The third-order valence-electron chi connectivity index (χ3n) is 4.35. The largest absolute Gasteiger partial charge is 0.503 e. The van der Waals surface area contributed by atoms with Crippen LogP contribution in [0.15, 0.2) is 48.0 Å². The van der Waals surface area contributed by atoms with Crippen molar-refractivity contribution in [3.05, 3.63) is 64.2 Å². The molecule has 1 heterocycles. The molecule has 0 bridgehead atoms. The van der Waals surface area contributed by atoms with E-state index in [0.29, 0.717) is 25.3 Å². The Labute approximate surface area is 158 Å². The van der Waals surface area contributed by atoms with Gasteiger partial charge in [-0.15, -0.1) is 0 Å². The number of ketones is 1. The van der Waals surface area contributed by atoms with Crippen molar-refractivity contribution in [3.63, 3.8) is 0 Å². The number of Topliss-reactive ketones (excluding diaryl/α,β-unsaturated/α-hetero) is 1. The van der Waals surface area contributed by atoms with E-state index in [-0.39, 0.29) is 16.6 Å². The predicted octanol–water partition coefficient (Wildman–Crippen LogP) is 4.30. The van der Waals surface area contributed by atoms with Crippen LogP contribution in [0.4, 0.5) is 0 Å². The van der Waals surface area contributed by atoms with Gasteiger partial charge in [-0.3, -0.25) is 9.69 Å². The van der Waals surface area contributed by atoms with E-state index in [0.717, 1.165) is 24.2 Å². The molecule has 0 unspecified atom stereocenters. The number of rotatable bonds is 5. The second kappa shape index (κ2) is 8.39. The number of phenols is 1. The van der Waals surface area contributed by atoms with Crippen molar-refractivity contribution < 1.29 is 14.6 Å². The monoisotopic (exact) mass is 371 g/mol. The molecule has 1 saturated heterocycles. The van der Waals surface area contributed by atoms with E-state index in [1.54, 1.807) is 12.1 Å². The van der Waals surface area contributed by atoms with Crippen molar-refractivity contribution in [2.45, 2.75) is 19.9 Å². The minimum Gasteiger partial charge on any atom is -0.503 e. The van der Waals surface area contributed by atoms with Crippen molar-refractivity contribution in [1.82, 2.24) is 4.90 Å². The molecule has 1 N–H and O–H groups in total. The summed E-state index contributed by atoms with van der Waals surface area (Å²) < 4.78 is 5.42. The van der Waals surface area contributed by atoms with Crippen molar-refractivity contribution in [2.75, 3.05) is 19.7 Å². The van der Waals surface area contributed by atoms with Crippen molar-refractivity contribution in [1.29, 1.82) is 0 Å². The van der Waals surface area contributed by atoms with Gasteiger partial charge in [0.05, 0.1) is 11.6 Å². The quantitative estimate of drug-likeness (QED) is 0.796. The second-order valence-electron chi connectivity index (χ2n) is 6.32. The molecule has 0 radical (unpaired) electrons. The Morgan fingerprint density at radius 3 is 2.77 bits per heavy atom. The summed E-state index contributed by atoms with van der Waals surface area (Å²) in [6.45, 7) is 4.42. The highest BCUT2D eigenvalue weighted by Crippen LogP contribution is 2.36. The lowest BCUT2D eigenvalue weighted by Crippen LogP contribution is -2.35. The molecule has 26 heavy (non-hydrogen) atoms. The summed E-state index contributed by atoms with van der Waals surface area (Å²) in [6, 6.07) is 13.6. The van der Waals surface area contributed by atoms with Crippen molar-refractivity contribution >= 4 is 23.5 Å². The molecular formula is C21H22ClNO3. The standard InChI is InChI=1S/C21H22ClNO3/c1-2-26-20-12-16(11-18(22)21(20)25)10-17-14-23(9-8-19(17)24)13-15-6-4-3-5-7-15/h3-7,10-12,25H,2,8-9,13-14H2,1H3/b17-10+. The van der Waals surface area contributed by atoms with Crippen LogP contribution in [-0.2, 0) is 11.3 Å². The molecule has 1 fully saturated rings. The number of likely N-dealkylation sites (tertiary alicyclic amines) is 1. The fourth-order valence-electron chi connectivity index (χ4n) is 3.07. The molecular weight excluding hydrogens is 350 g/mol. The fourth-order valence-corrected chi connectivity index (χ4v) is 3.29. The SMILES string of the molecule is CCOc1cc(/C=C2\CN(Cc3ccccc3)CCC2=O)cc(Cl)c1O. The minimum atomic E-state index is -0.0728. The maximum Gasteiger partial charge on any atom is 0.176 e. The fraction of sp³-hybridized carbons (Fsp3) is 0.286. The maximum absolute atomic E-state index is 12.4. The average molecular weight is 372 g/mol. The third kappa shape index (κ3) is 4.45. The molecule has 0 spiro atoms. The number of hydrogen-bond acceptors (Lipinski definition) is 4. The first kappa shape index (κ1) is 18.5. The zero-order chi connectivity index (χ0) is 18.5. The van der Waals surface area contributed by atoms with Crippen LogP contribution in [0, 0.1) is 0 Å². The molecule has 0 aliphatic carbocycles. The molecule has 4 nitrogen and oxygen atoms in total. The molecule has 0 saturated carbocycles. The highest BCUT2D eigenvalue weighted by Gasteiger charge is 2.21. The number of ether oxygens (including phenoxy) is 1. The van der Waals surface area contributed by atoms with Gasteiger partial charge in [0.25, 0.3) is 0 Å². The molecule has 1 aliphatic rings. The predicted molar refractivity (Wildman–Crippen MR) is 104 cm³/mol. The molecule has 5 heteroatoms. The Hall–Kier alpha value is -2.30. The number of carbonyl (C=O) groups excluding carboxylic acids is 1. The Kier molecular flexibility index (Phi) is 5.96. The van der Waals surface area contributed by atoms with Gasteiger partial charge in [0, 0.05) is 31.6 Å². The Balaban J connectivity index is 1.81. The summed E-state index contributed by atoms with van der Waals surface area (Å²) in [6.07, 6.45) is 2.34. The lowest BCUT2D eigenvalue weighted by molar-refractivity contribution is -0.117. The van der Waals surface area contributed by atoms with Gasteiger partial charge in [-0.2, -0.15) is 0 Å². The van der Waals surface area contributed by atoms with Gasteiger partial charge in [-0.25, -0.2) is 0 Å². The van der Waals surface area contributed by atoms with Crippen LogP contribution in [0.1, 0.15) is 24.5 Å². The van der Waals surface area contributed by atoms with Gasteiger partial charge in [0.1, 0.15) is 0 Å². The highest BCUT2D eigenvalue weighted by molar-refractivity contribution is 6.32. The number of hydrogen-bond donors (Lipinski definition) is 1. The van der Waals surface area contributed by atoms with E-state index in [4.69, 9.17) is 16.3 Å². The number of halogens is 1. The van der Waals surface area contributed by atoms with Crippen LogP contribution in [0.5, 0.6) is 11.5 Å². The van der Waals surface area contributed by atoms with Crippen LogP contribution in [0.3, 0.4) is 0 Å². The van der Waals surface area contributed by atoms with Crippen LogP contribution in [0.2, 0.25) is 5.02 Å². The third-order valence-corrected chi connectivity index (χ3v) is 4.64. The average Bonchev–Trinajstić information content (AvgIpc) is 2.63. The molecule has 3 rings (SSSR count). The zero-order valence-corrected chi connectivity index (χ0v) is 15.5. The van der Waals surface area contributed by atoms with E-state index in [9.17, 15) is 9.90 Å². The van der Waals surface area contributed by atoms with Gasteiger partial charge in [-0.05, 0) is 36.3 Å². The highest BCUT2D eigenvalue weighted by atomic mass is 35.5. The summed E-state index contributed by atoms with van der Waals surface area (Å²) in [5.74, 6) is 0.407. The number of benzene rings is 2. The summed E-state index contributed by atoms with van der Waals surface area (Å²) in [7, 11) is 0. The molecule has 136 valence electrons. The number of carbonyl (C=O) groups is 1. The first-order chi connectivity index (χ1) is 12.6. The van der Waals surface area contributed by atoms with Gasteiger partial charge < -0.3 is 9.84 Å². The summed E-state index contributed by atoms with van der Waals surface area (Å²) >= 11 is 6.09. The number of aromatic hydroxyl groups is 1. The molecule has 0 amide bonds. The summed E-state index contributed by atoms with van der Waals surface area (Å²) in [5.41, 5.74) is 2.73. The van der Waals surface area contributed by atoms with Gasteiger partial charge in [0.2, 0.25) is 0 Å². The van der Waals surface area contributed by atoms with Crippen LogP contribution < -0.4 is 4.74 Å². The van der Waals surface area contributed by atoms with Crippen molar-refractivity contribution in [2.24, 2.45) is 0 Å². The van der Waals surface area contributed by atoms with Crippen molar-refractivity contribution in [3.8, 4) is 11.5 Å². The van der Waals surface area contributed by atoms with Gasteiger partial charge in [0.15, 0.2) is 17.3 Å². The minimum absolute atomic E-state index is 0.0728. The lowest BCUT2D eigenvalue weighted by atomic mass is 9.99. The Morgan fingerprint density at radius 1 is 1.27 bits per heavy atom. The molecule has 0 aromatic heterocycles. The van der Waals surface area contributed by atoms with Gasteiger partial charge >= 0.3 is 0 Å². The van der Waals surface area contributed by atoms with E-state index in [1.807, 2.05) is 31.2 Å². The molecule has 1 aliphatic heterocycles.